The van der Waals surface area contributed by atoms with Crippen molar-refractivity contribution in [2.45, 2.75) is 57.2 Å². The van der Waals surface area contributed by atoms with Crippen LogP contribution < -0.4 is 16.4 Å². The summed E-state index contributed by atoms with van der Waals surface area (Å²) < 4.78 is 12.8. The fraction of sp³-hybridized carbons (Fsp3) is 0.353. The van der Waals surface area contributed by atoms with Crippen LogP contribution in [0.5, 0.6) is 0 Å². The Bertz CT molecular complexity index is 1350. The van der Waals surface area contributed by atoms with Crippen molar-refractivity contribution >= 4 is 28.9 Å². The lowest BCUT2D eigenvalue weighted by Crippen LogP contribution is -2.37. The summed E-state index contributed by atoms with van der Waals surface area (Å²) in [5.41, 5.74) is 10.4. The highest BCUT2D eigenvalue weighted by molar-refractivity contribution is 5.94. The molecule has 5 N–H and O–H groups in total. The van der Waals surface area contributed by atoms with Crippen molar-refractivity contribution in [3.8, 4) is 0 Å². The number of amides is 2. The lowest BCUT2D eigenvalue weighted by molar-refractivity contribution is -0.252. The summed E-state index contributed by atoms with van der Waals surface area (Å²) in [6.07, 6.45) is 3.59. The number of ether oxygens (including phenoxy) is 2. The first-order chi connectivity index (χ1) is 20.8. The predicted octanol–water partition coefficient (Wildman–Crippen LogP) is 5.56. The van der Waals surface area contributed by atoms with Gasteiger partial charge in [0.1, 0.15) is 0 Å². The van der Waals surface area contributed by atoms with E-state index in [-0.39, 0.29) is 30.6 Å². The average Bonchev–Trinajstić information content (AvgIpc) is 3.01. The molecule has 228 valence electrons. The Morgan fingerprint density at radius 3 is 2.26 bits per heavy atom. The molecule has 4 rings (SSSR count). The van der Waals surface area contributed by atoms with Crippen molar-refractivity contribution in [2.24, 2.45) is 0 Å². The predicted molar refractivity (Wildman–Crippen MR) is 169 cm³/mol. The van der Waals surface area contributed by atoms with Crippen molar-refractivity contribution in [1.82, 2.24) is 4.90 Å². The quantitative estimate of drug-likeness (QED) is 0.111. The number of benzene rings is 3. The number of likely N-dealkylation sites (N-methyl/N-ethyl adjacent to an activating group) is 1. The number of nitrogen functional groups attached to an aromatic ring is 1. The van der Waals surface area contributed by atoms with Gasteiger partial charge in [0.25, 0.3) is 0 Å². The Labute approximate surface area is 253 Å². The zero-order valence-corrected chi connectivity index (χ0v) is 24.7. The van der Waals surface area contributed by atoms with E-state index in [0.717, 1.165) is 29.8 Å². The second-order valence-corrected chi connectivity index (χ2v) is 10.9. The smallest absolute Gasteiger partial charge is 0.224 e. The molecule has 1 aliphatic rings. The fourth-order valence-corrected chi connectivity index (χ4v) is 5.02. The number of hydrogen-bond donors (Lipinski definition) is 4. The van der Waals surface area contributed by atoms with Crippen LogP contribution in [0.4, 0.5) is 17.1 Å². The molecule has 0 bridgehead atoms. The van der Waals surface area contributed by atoms with Crippen LogP contribution in [-0.4, -0.2) is 48.1 Å². The summed E-state index contributed by atoms with van der Waals surface area (Å²) in [6, 6.07) is 22.4. The van der Waals surface area contributed by atoms with E-state index in [4.69, 9.17) is 15.2 Å². The first-order valence-corrected chi connectivity index (χ1v) is 14.7. The number of aliphatic hydroxyl groups excluding tert-OH is 1. The van der Waals surface area contributed by atoms with Gasteiger partial charge in [-0.25, -0.2) is 0 Å². The Morgan fingerprint density at radius 2 is 1.60 bits per heavy atom. The molecule has 3 atom stereocenters. The maximum absolute atomic E-state index is 12.5. The number of para-hydroxylation sites is 2. The molecule has 3 aromatic carbocycles. The number of anilines is 3. The van der Waals surface area contributed by atoms with Crippen molar-refractivity contribution in [2.75, 3.05) is 36.5 Å². The lowest BCUT2D eigenvalue weighted by atomic mass is 9.99. The molecule has 0 aliphatic carbocycles. The van der Waals surface area contributed by atoms with Gasteiger partial charge in [-0.2, -0.15) is 0 Å². The molecular formula is C34H42N4O5. The van der Waals surface area contributed by atoms with E-state index < -0.39 is 6.29 Å². The third kappa shape index (κ3) is 9.76. The molecule has 0 radical (unpaired) electrons. The second-order valence-electron chi connectivity index (χ2n) is 10.9. The van der Waals surface area contributed by atoms with Gasteiger partial charge >= 0.3 is 0 Å². The molecule has 1 saturated heterocycles. The number of aliphatic hydroxyl groups is 1. The maximum Gasteiger partial charge on any atom is 0.224 e. The van der Waals surface area contributed by atoms with E-state index in [1.165, 1.54) is 0 Å². The highest BCUT2D eigenvalue weighted by atomic mass is 16.7. The third-order valence-electron chi connectivity index (χ3n) is 7.33. The molecule has 9 nitrogen and oxygen atoms in total. The van der Waals surface area contributed by atoms with E-state index in [2.05, 4.69) is 22.1 Å². The molecule has 0 aromatic heterocycles. The van der Waals surface area contributed by atoms with E-state index in [0.29, 0.717) is 49.2 Å². The molecular weight excluding hydrogens is 544 g/mol. The lowest BCUT2D eigenvalue weighted by Gasteiger charge is -2.37. The van der Waals surface area contributed by atoms with Crippen LogP contribution in [-0.2, 0) is 25.7 Å². The van der Waals surface area contributed by atoms with Crippen molar-refractivity contribution < 1.29 is 24.2 Å². The SMILES string of the molecule is C=CCN(C)CC1CC(c2ccc(CO)cc2)OC(c2ccc(NC(=O)CCCCC(=O)Nc3ccccc3N)cc2)O1. The summed E-state index contributed by atoms with van der Waals surface area (Å²) in [4.78, 5) is 26.9. The Balaban J connectivity index is 1.29. The van der Waals surface area contributed by atoms with Crippen LogP contribution >= 0.6 is 0 Å². The summed E-state index contributed by atoms with van der Waals surface area (Å²) in [7, 11) is 2.04. The first-order valence-electron chi connectivity index (χ1n) is 14.7. The third-order valence-corrected chi connectivity index (χ3v) is 7.33. The zero-order chi connectivity index (χ0) is 30.6. The number of carbonyl (C=O) groups is 2. The van der Waals surface area contributed by atoms with E-state index in [9.17, 15) is 14.7 Å². The van der Waals surface area contributed by atoms with Gasteiger partial charge in [-0.15, -0.1) is 6.58 Å². The molecule has 1 aliphatic heterocycles. The molecule has 0 spiro atoms. The Morgan fingerprint density at radius 1 is 0.953 bits per heavy atom. The highest BCUT2D eigenvalue weighted by Gasteiger charge is 2.32. The van der Waals surface area contributed by atoms with E-state index >= 15 is 0 Å². The molecule has 3 aromatic rings. The molecule has 0 saturated carbocycles. The Kier molecular flexibility index (Phi) is 11.9. The van der Waals surface area contributed by atoms with Gasteiger partial charge in [0.05, 0.1) is 30.2 Å². The van der Waals surface area contributed by atoms with Crippen molar-refractivity contribution in [1.29, 1.82) is 0 Å². The standard InChI is InChI=1S/C34H42N4O5/c1-3-20-38(2)22-28-21-31(25-14-12-24(23-39)13-15-25)43-34(42-28)26-16-18-27(19-17-26)36-32(40)10-6-7-11-33(41)37-30-9-5-4-8-29(30)35/h3-5,8-9,12-19,28,31,34,39H,1,6-7,10-11,20-23,35H2,2H3,(H,36,40)(H,37,41). The van der Waals surface area contributed by atoms with Gasteiger partial charge in [0.15, 0.2) is 6.29 Å². The first kappa shape index (κ1) is 31.9. The summed E-state index contributed by atoms with van der Waals surface area (Å²) >= 11 is 0. The van der Waals surface area contributed by atoms with E-state index in [1.54, 1.807) is 12.1 Å². The van der Waals surface area contributed by atoms with Crippen LogP contribution in [0.3, 0.4) is 0 Å². The molecule has 3 unspecified atom stereocenters. The van der Waals surface area contributed by atoms with Gasteiger partial charge in [-0.3, -0.25) is 9.59 Å². The van der Waals surface area contributed by atoms with Crippen LogP contribution in [0.25, 0.3) is 0 Å². The minimum atomic E-state index is -0.569. The van der Waals surface area contributed by atoms with Crippen LogP contribution in [0.1, 0.15) is 61.2 Å². The number of nitrogens with zero attached hydrogens (tertiary/aromatic N) is 1. The number of unbranched alkanes of at least 4 members (excludes halogenated alkanes) is 1. The van der Waals surface area contributed by atoms with Crippen molar-refractivity contribution in [3.05, 3.63) is 102 Å². The monoisotopic (exact) mass is 586 g/mol. The largest absolute Gasteiger partial charge is 0.397 e. The highest BCUT2D eigenvalue weighted by Crippen LogP contribution is 2.38. The average molecular weight is 587 g/mol. The van der Waals surface area contributed by atoms with Gasteiger partial charge in [0, 0.05) is 43.6 Å². The van der Waals surface area contributed by atoms with Crippen molar-refractivity contribution in [3.63, 3.8) is 0 Å². The van der Waals surface area contributed by atoms with Crippen LogP contribution in [0.15, 0.2) is 85.5 Å². The number of nitrogens with two attached hydrogens (primary N) is 1. The number of rotatable bonds is 14. The van der Waals surface area contributed by atoms with Crippen LogP contribution in [0.2, 0.25) is 0 Å². The second kappa shape index (κ2) is 16.0. The molecule has 1 fully saturated rings. The van der Waals surface area contributed by atoms with Crippen LogP contribution in [0, 0.1) is 0 Å². The molecule has 2 amide bonds. The minimum absolute atomic E-state index is 0.00274. The molecule has 43 heavy (non-hydrogen) atoms. The van der Waals surface area contributed by atoms with Gasteiger partial charge in [0.2, 0.25) is 11.8 Å². The number of nitrogens with one attached hydrogen (secondary N) is 2. The normalized spacial score (nSPS) is 18.3. The maximum atomic E-state index is 12.5. The Hall–Kier alpha value is -4.02. The topological polar surface area (TPSA) is 126 Å². The number of hydrogen-bond acceptors (Lipinski definition) is 7. The van der Waals surface area contributed by atoms with Gasteiger partial charge < -0.3 is 35.8 Å². The van der Waals surface area contributed by atoms with Gasteiger partial charge in [-0.1, -0.05) is 54.6 Å². The number of carbonyl (C=O) groups excluding carboxylic acids is 2. The zero-order valence-electron chi connectivity index (χ0n) is 24.7. The molecule has 1 heterocycles. The molecule has 9 heteroatoms. The summed E-state index contributed by atoms with van der Waals surface area (Å²) in [5.74, 6) is -0.234. The fourth-order valence-electron chi connectivity index (χ4n) is 5.02. The van der Waals surface area contributed by atoms with Gasteiger partial charge in [-0.05, 0) is 55.3 Å². The summed E-state index contributed by atoms with van der Waals surface area (Å²) in [6.45, 7) is 5.31. The minimum Gasteiger partial charge on any atom is -0.397 e. The summed E-state index contributed by atoms with van der Waals surface area (Å²) in [5, 5.41) is 15.1. The van der Waals surface area contributed by atoms with E-state index in [1.807, 2.05) is 73.8 Å².